The lowest BCUT2D eigenvalue weighted by Crippen LogP contribution is -2.50. The number of carbonyl (C=O) groups excluding carboxylic acids is 2. The Morgan fingerprint density at radius 1 is 1.19 bits per heavy atom. The molecule has 0 aromatic heterocycles. The smallest absolute Gasteiger partial charge is 0.305 e. The van der Waals surface area contributed by atoms with Gasteiger partial charge in [0.05, 0.1) is 18.9 Å². The van der Waals surface area contributed by atoms with Gasteiger partial charge >= 0.3 is 5.97 Å². The van der Waals surface area contributed by atoms with Crippen molar-refractivity contribution in [2.45, 2.75) is 58.0 Å². The molecule has 0 saturated heterocycles. The van der Waals surface area contributed by atoms with Crippen LogP contribution in [0, 0.1) is 0 Å². The fraction of sp³-hybridized carbons (Fsp3) is 0.450. The van der Waals surface area contributed by atoms with Crippen LogP contribution in [0.2, 0.25) is 0 Å². The van der Waals surface area contributed by atoms with Gasteiger partial charge < -0.3 is 15.3 Å². The van der Waals surface area contributed by atoms with Crippen molar-refractivity contribution in [2.75, 3.05) is 0 Å². The van der Waals surface area contributed by atoms with Crippen LogP contribution in [0.1, 0.15) is 63.6 Å². The van der Waals surface area contributed by atoms with Gasteiger partial charge in [-0.25, -0.2) is 0 Å². The standard InChI is InChI=1S/C20H26N2O4/c1-4-20(5-2,13-19(25)26)21-18(24)12-17-16-9-7-6-8-15(16)10-11-22(17)14(3)23/h6-11,17H,4-5,12-13H2,1-3H3,(H,21,24)(H,25,26). The molecule has 1 atom stereocenters. The molecule has 0 radical (unpaired) electrons. The third-order valence-corrected chi connectivity index (χ3v) is 5.10. The minimum absolute atomic E-state index is 0.0856. The Morgan fingerprint density at radius 2 is 1.85 bits per heavy atom. The van der Waals surface area contributed by atoms with Gasteiger partial charge in [0.25, 0.3) is 0 Å². The van der Waals surface area contributed by atoms with E-state index < -0.39 is 17.6 Å². The molecule has 0 spiro atoms. The summed E-state index contributed by atoms with van der Waals surface area (Å²) in [5.41, 5.74) is 1.12. The van der Waals surface area contributed by atoms with Gasteiger partial charge in [0.1, 0.15) is 0 Å². The molecule has 1 unspecified atom stereocenters. The third-order valence-electron chi connectivity index (χ3n) is 5.10. The number of fused-ring (bicyclic) bond motifs is 1. The molecule has 1 aliphatic heterocycles. The van der Waals surface area contributed by atoms with Crippen molar-refractivity contribution in [3.05, 3.63) is 41.6 Å². The van der Waals surface area contributed by atoms with Crippen molar-refractivity contribution in [3.8, 4) is 0 Å². The van der Waals surface area contributed by atoms with Crippen LogP contribution in [0.3, 0.4) is 0 Å². The Hall–Kier alpha value is -2.63. The number of nitrogens with one attached hydrogen (secondary N) is 1. The Balaban J connectivity index is 2.23. The average molecular weight is 358 g/mol. The lowest BCUT2D eigenvalue weighted by Gasteiger charge is -2.35. The summed E-state index contributed by atoms with van der Waals surface area (Å²) in [6, 6.07) is 7.26. The van der Waals surface area contributed by atoms with E-state index in [9.17, 15) is 19.5 Å². The summed E-state index contributed by atoms with van der Waals surface area (Å²) in [5, 5.41) is 12.1. The average Bonchev–Trinajstić information content (AvgIpc) is 2.60. The number of nitrogens with zero attached hydrogens (tertiary/aromatic N) is 1. The van der Waals surface area contributed by atoms with E-state index in [4.69, 9.17) is 0 Å². The topological polar surface area (TPSA) is 86.7 Å². The quantitative estimate of drug-likeness (QED) is 0.784. The molecule has 1 aromatic rings. The normalized spacial score (nSPS) is 16.1. The molecule has 140 valence electrons. The maximum atomic E-state index is 12.7. The van der Waals surface area contributed by atoms with Gasteiger partial charge in [0, 0.05) is 18.7 Å². The molecule has 0 aliphatic carbocycles. The number of benzene rings is 1. The minimum Gasteiger partial charge on any atom is -0.481 e. The van der Waals surface area contributed by atoms with Crippen molar-refractivity contribution in [1.29, 1.82) is 0 Å². The van der Waals surface area contributed by atoms with Crippen LogP contribution in [0.25, 0.3) is 6.08 Å². The Labute approximate surface area is 153 Å². The van der Waals surface area contributed by atoms with Gasteiger partial charge in [-0.05, 0) is 30.0 Å². The monoisotopic (exact) mass is 358 g/mol. The van der Waals surface area contributed by atoms with Gasteiger partial charge in [-0.15, -0.1) is 0 Å². The molecular formula is C20H26N2O4. The summed E-state index contributed by atoms with van der Waals surface area (Å²) in [5.74, 6) is -1.34. The summed E-state index contributed by atoms with van der Waals surface area (Å²) >= 11 is 0. The number of carboxylic acid groups (broad SMARTS) is 1. The summed E-state index contributed by atoms with van der Waals surface area (Å²) in [6.45, 7) is 5.20. The van der Waals surface area contributed by atoms with E-state index in [0.717, 1.165) is 11.1 Å². The summed E-state index contributed by atoms with van der Waals surface area (Å²) in [4.78, 5) is 37.5. The first-order valence-electron chi connectivity index (χ1n) is 8.90. The zero-order valence-corrected chi connectivity index (χ0v) is 15.5. The van der Waals surface area contributed by atoms with Gasteiger partial charge in [0.2, 0.25) is 11.8 Å². The molecule has 0 saturated carbocycles. The predicted octanol–water partition coefficient (Wildman–Crippen LogP) is 3.10. The highest BCUT2D eigenvalue weighted by Crippen LogP contribution is 2.33. The second-order valence-electron chi connectivity index (χ2n) is 6.70. The number of rotatable bonds is 7. The molecule has 0 bridgehead atoms. The fourth-order valence-electron chi connectivity index (χ4n) is 3.45. The second kappa shape index (κ2) is 8.17. The largest absolute Gasteiger partial charge is 0.481 e. The summed E-state index contributed by atoms with van der Waals surface area (Å²) in [7, 11) is 0. The predicted molar refractivity (Wildman–Crippen MR) is 99.1 cm³/mol. The van der Waals surface area contributed by atoms with E-state index in [-0.39, 0.29) is 24.7 Å². The van der Waals surface area contributed by atoms with Crippen LogP contribution in [0.15, 0.2) is 30.5 Å². The van der Waals surface area contributed by atoms with Crippen LogP contribution >= 0.6 is 0 Å². The lowest BCUT2D eigenvalue weighted by atomic mass is 9.88. The number of carboxylic acids is 1. The van der Waals surface area contributed by atoms with Gasteiger partial charge in [0.15, 0.2) is 0 Å². The molecule has 6 nitrogen and oxygen atoms in total. The van der Waals surface area contributed by atoms with E-state index in [1.165, 1.54) is 6.92 Å². The van der Waals surface area contributed by atoms with Crippen molar-refractivity contribution >= 4 is 23.9 Å². The first-order valence-corrected chi connectivity index (χ1v) is 8.90. The number of hydrogen-bond donors (Lipinski definition) is 2. The van der Waals surface area contributed by atoms with Crippen molar-refractivity contribution in [1.82, 2.24) is 10.2 Å². The van der Waals surface area contributed by atoms with Crippen molar-refractivity contribution in [2.24, 2.45) is 0 Å². The highest BCUT2D eigenvalue weighted by molar-refractivity contribution is 5.82. The van der Waals surface area contributed by atoms with Gasteiger partial charge in [-0.2, -0.15) is 0 Å². The van der Waals surface area contributed by atoms with Crippen molar-refractivity contribution < 1.29 is 19.5 Å². The van der Waals surface area contributed by atoms with E-state index >= 15 is 0 Å². The fourth-order valence-corrected chi connectivity index (χ4v) is 3.45. The first kappa shape index (κ1) is 19.7. The van der Waals surface area contributed by atoms with E-state index in [1.807, 2.05) is 44.2 Å². The number of aliphatic carboxylic acids is 1. The van der Waals surface area contributed by atoms with Crippen molar-refractivity contribution in [3.63, 3.8) is 0 Å². The molecule has 2 N–H and O–H groups in total. The van der Waals surface area contributed by atoms with E-state index in [0.29, 0.717) is 12.8 Å². The van der Waals surface area contributed by atoms with Gasteiger partial charge in [-0.1, -0.05) is 38.1 Å². The van der Waals surface area contributed by atoms with Crippen LogP contribution < -0.4 is 5.32 Å². The van der Waals surface area contributed by atoms with Crippen LogP contribution in [0.5, 0.6) is 0 Å². The SMILES string of the molecule is CCC(CC)(CC(=O)O)NC(=O)CC1c2ccccc2C=CN1C(C)=O. The maximum absolute atomic E-state index is 12.7. The number of carbonyl (C=O) groups is 3. The minimum atomic E-state index is -0.940. The highest BCUT2D eigenvalue weighted by atomic mass is 16.4. The molecule has 1 heterocycles. The molecular weight excluding hydrogens is 332 g/mol. The van der Waals surface area contributed by atoms with E-state index in [1.54, 1.807) is 11.1 Å². The van der Waals surface area contributed by atoms with Crippen LogP contribution in [-0.2, 0) is 14.4 Å². The molecule has 0 fully saturated rings. The molecule has 6 heteroatoms. The molecule has 26 heavy (non-hydrogen) atoms. The van der Waals surface area contributed by atoms with Crippen LogP contribution in [-0.4, -0.2) is 33.3 Å². The number of hydrogen-bond acceptors (Lipinski definition) is 3. The Morgan fingerprint density at radius 3 is 2.42 bits per heavy atom. The second-order valence-corrected chi connectivity index (χ2v) is 6.70. The van der Waals surface area contributed by atoms with Gasteiger partial charge in [-0.3, -0.25) is 14.4 Å². The summed E-state index contributed by atoms with van der Waals surface area (Å²) in [6.07, 6.45) is 4.58. The lowest BCUT2D eigenvalue weighted by molar-refractivity contribution is -0.139. The first-order chi connectivity index (χ1) is 12.3. The maximum Gasteiger partial charge on any atom is 0.305 e. The third kappa shape index (κ3) is 4.31. The molecule has 1 aliphatic rings. The molecule has 2 amide bonds. The Kier molecular flexibility index (Phi) is 6.18. The molecule has 1 aromatic carbocycles. The van der Waals surface area contributed by atoms with Crippen LogP contribution in [0.4, 0.5) is 0 Å². The zero-order chi connectivity index (χ0) is 19.3. The van der Waals surface area contributed by atoms with E-state index in [2.05, 4.69) is 5.32 Å². The number of amides is 2. The molecule has 2 rings (SSSR count). The highest BCUT2D eigenvalue weighted by Gasteiger charge is 2.34. The Bertz CT molecular complexity index is 722. The zero-order valence-electron chi connectivity index (χ0n) is 15.5. The summed E-state index contributed by atoms with van der Waals surface area (Å²) < 4.78 is 0.